The SMILES string of the molecule is CCOC(=O)c1c(C)sc2c1OC(N)=C(C#N)C2c1c(F)cccc1Cl. The van der Waals surface area contributed by atoms with Crippen molar-refractivity contribution in [2.45, 2.75) is 19.8 Å². The summed E-state index contributed by atoms with van der Waals surface area (Å²) >= 11 is 7.44. The van der Waals surface area contributed by atoms with Crippen molar-refractivity contribution in [3.8, 4) is 11.8 Å². The van der Waals surface area contributed by atoms with Crippen molar-refractivity contribution < 1.29 is 18.7 Å². The number of allylic oxidation sites excluding steroid dienone is 1. The van der Waals surface area contributed by atoms with Crippen LogP contribution in [-0.4, -0.2) is 12.6 Å². The highest BCUT2D eigenvalue weighted by Crippen LogP contribution is 2.50. The molecule has 1 aromatic carbocycles. The van der Waals surface area contributed by atoms with Crippen molar-refractivity contribution in [3.05, 3.63) is 61.4 Å². The minimum absolute atomic E-state index is 0.0427. The highest BCUT2D eigenvalue weighted by molar-refractivity contribution is 7.12. The van der Waals surface area contributed by atoms with E-state index in [0.717, 1.165) is 0 Å². The van der Waals surface area contributed by atoms with E-state index >= 15 is 0 Å². The molecule has 1 aliphatic rings. The first-order valence-corrected chi connectivity index (χ1v) is 8.92. The quantitative estimate of drug-likeness (QED) is 0.789. The van der Waals surface area contributed by atoms with Crippen LogP contribution >= 0.6 is 22.9 Å². The Morgan fingerprint density at radius 2 is 2.27 bits per heavy atom. The van der Waals surface area contributed by atoms with Crippen molar-refractivity contribution in [2.75, 3.05) is 6.61 Å². The van der Waals surface area contributed by atoms with E-state index in [4.69, 9.17) is 26.8 Å². The number of halogens is 2. The Morgan fingerprint density at radius 3 is 2.88 bits per heavy atom. The molecule has 1 aliphatic heterocycles. The van der Waals surface area contributed by atoms with Crippen LogP contribution in [0.2, 0.25) is 5.02 Å². The van der Waals surface area contributed by atoms with E-state index in [0.29, 0.717) is 9.75 Å². The maximum absolute atomic E-state index is 14.6. The lowest BCUT2D eigenvalue weighted by atomic mass is 9.87. The fourth-order valence-electron chi connectivity index (χ4n) is 2.90. The zero-order valence-corrected chi connectivity index (χ0v) is 15.5. The summed E-state index contributed by atoms with van der Waals surface area (Å²) < 4.78 is 25.2. The fraction of sp³-hybridized carbons (Fsp3) is 0.222. The predicted molar refractivity (Wildman–Crippen MR) is 95.7 cm³/mol. The molecule has 0 saturated carbocycles. The van der Waals surface area contributed by atoms with Crippen molar-refractivity contribution in [1.82, 2.24) is 0 Å². The van der Waals surface area contributed by atoms with Gasteiger partial charge in [0.25, 0.3) is 0 Å². The minimum atomic E-state index is -0.857. The molecule has 0 spiro atoms. The van der Waals surface area contributed by atoms with Gasteiger partial charge >= 0.3 is 5.97 Å². The van der Waals surface area contributed by atoms with Gasteiger partial charge in [-0.2, -0.15) is 5.26 Å². The Kier molecular flexibility index (Phi) is 4.90. The Hall–Kier alpha value is -2.56. The number of nitrogens with zero attached hydrogens (tertiary/aromatic N) is 1. The second-order valence-corrected chi connectivity index (χ2v) is 7.17. The van der Waals surface area contributed by atoms with Crippen molar-refractivity contribution >= 4 is 28.9 Å². The molecular formula is C18H14ClFN2O3S. The van der Waals surface area contributed by atoms with Gasteiger partial charge in [0.15, 0.2) is 5.75 Å². The van der Waals surface area contributed by atoms with Crippen LogP contribution < -0.4 is 10.5 Å². The van der Waals surface area contributed by atoms with Crippen LogP contribution in [-0.2, 0) is 4.74 Å². The van der Waals surface area contributed by atoms with Gasteiger partial charge in [0.05, 0.1) is 17.4 Å². The number of ether oxygens (including phenoxy) is 2. The zero-order chi connectivity index (χ0) is 19.0. The van der Waals surface area contributed by atoms with Gasteiger partial charge in [0, 0.05) is 15.5 Å². The second kappa shape index (κ2) is 6.98. The average Bonchev–Trinajstić information content (AvgIpc) is 2.90. The molecule has 2 N–H and O–H groups in total. The van der Waals surface area contributed by atoms with Crippen LogP contribution in [0.5, 0.6) is 5.75 Å². The lowest BCUT2D eigenvalue weighted by molar-refractivity contribution is 0.0522. The Labute approximate surface area is 158 Å². The summed E-state index contributed by atoms with van der Waals surface area (Å²) in [7, 11) is 0. The van der Waals surface area contributed by atoms with E-state index in [1.165, 1.54) is 29.5 Å². The molecule has 134 valence electrons. The van der Waals surface area contributed by atoms with Crippen molar-refractivity contribution in [2.24, 2.45) is 5.73 Å². The van der Waals surface area contributed by atoms with E-state index < -0.39 is 17.7 Å². The minimum Gasteiger partial charge on any atom is -0.462 e. The summed E-state index contributed by atoms with van der Waals surface area (Å²) in [6, 6.07) is 6.24. The number of rotatable bonds is 3. The highest BCUT2D eigenvalue weighted by atomic mass is 35.5. The topological polar surface area (TPSA) is 85.3 Å². The van der Waals surface area contributed by atoms with Gasteiger partial charge in [0.1, 0.15) is 23.0 Å². The molecule has 0 bridgehead atoms. The normalized spacial score (nSPS) is 15.9. The molecule has 0 radical (unpaired) electrons. The summed E-state index contributed by atoms with van der Waals surface area (Å²) in [6.45, 7) is 3.61. The molecule has 0 amide bonds. The first kappa shape index (κ1) is 18.2. The predicted octanol–water partition coefficient (Wildman–Crippen LogP) is 4.24. The van der Waals surface area contributed by atoms with Gasteiger partial charge in [-0.15, -0.1) is 11.3 Å². The van der Waals surface area contributed by atoms with Gasteiger partial charge in [-0.1, -0.05) is 17.7 Å². The number of hydrogen-bond acceptors (Lipinski definition) is 6. The molecule has 1 atom stereocenters. The van der Waals surface area contributed by atoms with E-state index in [-0.39, 0.29) is 40.0 Å². The largest absolute Gasteiger partial charge is 0.462 e. The third-order valence-corrected chi connectivity index (χ3v) is 5.46. The van der Waals surface area contributed by atoms with Gasteiger partial charge in [-0.3, -0.25) is 0 Å². The second-order valence-electron chi connectivity index (χ2n) is 5.51. The van der Waals surface area contributed by atoms with Gasteiger partial charge < -0.3 is 15.2 Å². The first-order valence-electron chi connectivity index (χ1n) is 7.72. The zero-order valence-electron chi connectivity index (χ0n) is 13.9. The van der Waals surface area contributed by atoms with Crippen molar-refractivity contribution in [3.63, 3.8) is 0 Å². The number of aryl methyl sites for hydroxylation is 1. The number of benzene rings is 1. The first-order chi connectivity index (χ1) is 12.4. The number of esters is 1. The average molecular weight is 393 g/mol. The van der Waals surface area contributed by atoms with Crippen LogP contribution in [0, 0.1) is 24.1 Å². The number of carbonyl (C=O) groups excluding carboxylic acids is 1. The van der Waals surface area contributed by atoms with E-state index in [1.807, 2.05) is 6.07 Å². The molecule has 26 heavy (non-hydrogen) atoms. The lowest BCUT2D eigenvalue weighted by Crippen LogP contribution is -2.22. The summed E-state index contributed by atoms with van der Waals surface area (Å²) in [4.78, 5) is 13.4. The lowest BCUT2D eigenvalue weighted by Gasteiger charge is -2.25. The molecule has 5 nitrogen and oxygen atoms in total. The Balaban J connectivity index is 2.28. The molecule has 0 saturated heterocycles. The van der Waals surface area contributed by atoms with Crippen molar-refractivity contribution in [1.29, 1.82) is 5.26 Å². The summed E-state index contributed by atoms with van der Waals surface area (Å²) in [5.41, 5.74) is 6.30. The van der Waals surface area contributed by atoms with E-state index in [2.05, 4.69) is 0 Å². The maximum Gasteiger partial charge on any atom is 0.343 e. The van der Waals surface area contributed by atoms with Crippen LogP contribution in [0.15, 0.2) is 29.7 Å². The highest BCUT2D eigenvalue weighted by Gasteiger charge is 2.39. The molecular weight excluding hydrogens is 379 g/mol. The molecule has 1 aromatic heterocycles. The number of nitriles is 1. The molecule has 8 heteroatoms. The molecule has 1 unspecified atom stereocenters. The van der Waals surface area contributed by atoms with Crippen LogP contribution in [0.3, 0.4) is 0 Å². The Morgan fingerprint density at radius 1 is 1.54 bits per heavy atom. The van der Waals surface area contributed by atoms with Crippen LogP contribution in [0.4, 0.5) is 4.39 Å². The third-order valence-electron chi connectivity index (χ3n) is 3.98. The monoisotopic (exact) mass is 392 g/mol. The van der Waals surface area contributed by atoms with E-state index in [9.17, 15) is 14.4 Å². The molecule has 0 aliphatic carbocycles. The molecule has 0 fully saturated rings. The summed E-state index contributed by atoms with van der Waals surface area (Å²) in [5.74, 6) is -1.99. The van der Waals surface area contributed by atoms with E-state index in [1.54, 1.807) is 13.8 Å². The molecule has 2 heterocycles. The third kappa shape index (κ3) is 2.81. The summed E-state index contributed by atoms with van der Waals surface area (Å²) in [6.07, 6.45) is 0. The molecule has 3 rings (SSSR count). The summed E-state index contributed by atoms with van der Waals surface area (Å²) in [5, 5.41) is 9.71. The number of carbonyl (C=O) groups is 1. The smallest absolute Gasteiger partial charge is 0.343 e. The standard InChI is InChI=1S/C18H14ClFN2O3S/c1-3-24-18(23)12-8(2)26-16-13(9(7-21)17(22)25-15(12)16)14-10(19)5-4-6-11(14)20/h4-6,13H,3,22H2,1-2H3. The maximum atomic E-state index is 14.6. The fourth-order valence-corrected chi connectivity index (χ4v) is 4.37. The Bertz CT molecular complexity index is 957. The van der Waals surface area contributed by atoms with Crippen LogP contribution in [0.25, 0.3) is 0 Å². The number of fused-ring (bicyclic) bond motifs is 1. The number of nitrogens with two attached hydrogens (primary N) is 1. The number of thiophene rings is 1. The number of hydrogen-bond donors (Lipinski definition) is 1. The molecule has 2 aromatic rings. The van der Waals surface area contributed by atoms with Gasteiger partial charge in [-0.05, 0) is 26.0 Å². The van der Waals surface area contributed by atoms with Crippen LogP contribution in [0.1, 0.15) is 38.5 Å². The van der Waals surface area contributed by atoms with Gasteiger partial charge in [0.2, 0.25) is 5.88 Å². The van der Waals surface area contributed by atoms with Gasteiger partial charge in [-0.25, -0.2) is 9.18 Å².